The molecule has 1 aliphatic rings. The first kappa shape index (κ1) is 8.61. The predicted molar refractivity (Wildman–Crippen MR) is 57.4 cm³/mol. The molecule has 0 unspecified atom stereocenters. The zero-order chi connectivity index (χ0) is 9.64. The topological polar surface area (TPSA) is 3.24 Å². The van der Waals surface area contributed by atoms with Gasteiger partial charge in [-0.05, 0) is 38.8 Å². The van der Waals surface area contributed by atoms with Crippen LogP contribution in [0.25, 0.3) is 0 Å². The van der Waals surface area contributed by atoms with Crippen molar-refractivity contribution in [2.45, 2.75) is 32.7 Å². The van der Waals surface area contributed by atoms with Crippen LogP contribution >= 0.6 is 0 Å². The quantitative estimate of drug-likeness (QED) is 0.586. The smallest absolute Gasteiger partial charge is 0.0401 e. The third-order valence-electron chi connectivity index (χ3n) is 3.13. The highest BCUT2D eigenvalue weighted by molar-refractivity contribution is 5.61. The van der Waals surface area contributed by atoms with Gasteiger partial charge in [-0.3, -0.25) is 0 Å². The molecule has 1 aromatic rings. The molecule has 0 aromatic heterocycles. The Morgan fingerprint density at radius 1 is 1.31 bits per heavy atom. The van der Waals surface area contributed by atoms with Gasteiger partial charge in [-0.15, -0.1) is 0 Å². The van der Waals surface area contributed by atoms with Crippen molar-refractivity contribution in [3.05, 3.63) is 29.3 Å². The fraction of sp³-hybridized carbons (Fsp3) is 0.500. The molecule has 13 heavy (non-hydrogen) atoms. The molecule has 1 heteroatoms. The molecular weight excluding hydrogens is 158 g/mol. The average Bonchev–Trinajstić information content (AvgIpc) is 2.22. The van der Waals surface area contributed by atoms with Gasteiger partial charge < -0.3 is 4.90 Å². The van der Waals surface area contributed by atoms with Crippen LogP contribution in [0.5, 0.6) is 0 Å². The number of rotatable bonds is 0. The normalized spacial score (nSPS) is 18.9. The first-order valence-electron chi connectivity index (χ1n) is 4.84. The van der Waals surface area contributed by atoms with E-state index >= 15 is 0 Å². The lowest BCUT2D eigenvalue weighted by Crippen LogP contribution is -2.37. The number of nitrogens with zero attached hydrogens (tertiary/aromatic N) is 1. The van der Waals surface area contributed by atoms with Crippen LogP contribution in [0.2, 0.25) is 0 Å². The standard InChI is InChI=1S/C12H17N/c1-9-5-6-11-10(7-9)8-12(2,3)13(11)4/h5-7H,8H2,1-4H3. The second kappa shape index (κ2) is 2.50. The van der Waals surface area contributed by atoms with E-state index in [9.17, 15) is 0 Å². The van der Waals surface area contributed by atoms with Crippen molar-refractivity contribution in [1.29, 1.82) is 0 Å². The number of benzene rings is 1. The average molecular weight is 175 g/mol. The van der Waals surface area contributed by atoms with Crippen molar-refractivity contribution < 1.29 is 0 Å². The molecule has 0 amide bonds. The molecule has 0 fully saturated rings. The van der Waals surface area contributed by atoms with Gasteiger partial charge >= 0.3 is 0 Å². The molecule has 0 bridgehead atoms. The van der Waals surface area contributed by atoms with Gasteiger partial charge in [0.15, 0.2) is 0 Å². The van der Waals surface area contributed by atoms with Gasteiger partial charge in [0.2, 0.25) is 0 Å². The minimum Gasteiger partial charge on any atom is -0.369 e. The fourth-order valence-electron chi connectivity index (χ4n) is 2.09. The number of likely N-dealkylation sites (N-methyl/N-ethyl adjacent to an activating group) is 1. The van der Waals surface area contributed by atoms with E-state index in [0.29, 0.717) is 0 Å². The predicted octanol–water partition coefficient (Wildman–Crippen LogP) is 2.77. The Morgan fingerprint density at radius 3 is 2.69 bits per heavy atom. The van der Waals surface area contributed by atoms with E-state index in [-0.39, 0.29) is 5.54 Å². The second-order valence-electron chi connectivity index (χ2n) is 4.68. The Labute approximate surface area is 80.4 Å². The van der Waals surface area contributed by atoms with Crippen molar-refractivity contribution in [2.24, 2.45) is 0 Å². The Morgan fingerprint density at radius 2 is 2.00 bits per heavy atom. The number of hydrogen-bond donors (Lipinski definition) is 0. The SMILES string of the molecule is Cc1ccc2c(c1)CC(C)(C)N2C. The second-order valence-corrected chi connectivity index (χ2v) is 4.68. The first-order valence-corrected chi connectivity index (χ1v) is 4.84. The summed E-state index contributed by atoms with van der Waals surface area (Å²) in [5.41, 5.74) is 4.55. The van der Waals surface area contributed by atoms with Gasteiger partial charge in [-0.1, -0.05) is 17.7 Å². The fourth-order valence-corrected chi connectivity index (χ4v) is 2.09. The minimum absolute atomic E-state index is 0.288. The van der Waals surface area contributed by atoms with Crippen LogP contribution < -0.4 is 4.90 Å². The summed E-state index contributed by atoms with van der Waals surface area (Å²) in [6, 6.07) is 6.73. The molecule has 1 aromatic carbocycles. The number of fused-ring (bicyclic) bond motifs is 1. The summed E-state index contributed by atoms with van der Waals surface area (Å²) >= 11 is 0. The van der Waals surface area contributed by atoms with Gasteiger partial charge in [0, 0.05) is 18.3 Å². The lowest BCUT2D eigenvalue weighted by Gasteiger charge is -2.29. The van der Waals surface area contributed by atoms with E-state index in [1.165, 1.54) is 23.2 Å². The van der Waals surface area contributed by atoms with Crippen LogP contribution in [0, 0.1) is 6.92 Å². The summed E-state index contributed by atoms with van der Waals surface area (Å²) in [6.07, 6.45) is 1.17. The summed E-state index contributed by atoms with van der Waals surface area (Å²) in [4.78, 5) is 2.38. The highest BCUT2D eigenvalue weighted by atomic mass is 15.2. The highest BCUT2D eigenvalue weighted by Crippen LogP contribution is 2.37. The molecule has 1 heterocycles. The van der Waals surface area contributed by atoms with Gasteiger partial charge in [0.1, 0.15) is 0 Å². The molecule has 0 saturated heterocycles. The molecule has 70 valence electrons. The van der Waals surface area contributed by atoms with Crippen molar-refractivity contribution >= 4 is 5.69 Å². The van der Waals surface area contributed by atoms with E-state index in [1.54, 1.807) is 0 Å². The van der Waals surface area contributed by atoms with Crippen molar-refractivity contribution in [2.75, 3.05) is 11.9 Å². The van der Waals surface area contributed by atoms with Gasteiger partial charge in [-0.25, -0.2) is 0 Å². The molecular formula is C12H17N. The summed E-state index contributed by atoms with van der Waals surface area (Å²) < 4.78 is 0. The maximum atomic E-state index is 2.38. The lowest BCUT2D eigenvalue weighted by molar-refractivity contribution is 0.516. The van der Waals surface area contributed by atoms with E-state index < -0.39 is 0 Å². The molecule has 0 aliphatic carbocycles. The number of anilines is 1. The van der Waals surface area contributed by atoms with Gasteiger partial charge in [0.05, 0.1) is 0 Å². The highest BCUT2D eigenvalue weighted by Gasteiger charge is 2.32. The number of hydrogen-bond acceptors (Lipinski definition) is 1. The van der Waals surface area contributed by atoms with Crippen molar-refractivity contribution in [3.63, 3.8) is 0 Å². The van der Waals surface area contributed by atoms with E-state index in [1.807, 2.05) is 0 Å². The Balaban J connectivity index is 2.50. The third-order valence-corrected chi connectivity index (χ3v) is 3.13. The summed E-state index contributed by atoms with van der Waals surface area (Å²) in [5.74, 6) is 0. The Hall–Kier alpha value is -0.980. The molecule has 0 spiro atoms. The van der Waals surface area contributed by atoms with E-state index in [2.05, 4.69) is 50.9 Å². The van der Waals surface area contributed by atoms with E-state index in [4.69, 9.17) is 0 Å². The Kier molecular flexibility index (Phi) is 1.66. The molecule has 1 aliphatic heterocycles. The zero-order valence-corrected chi connectivity index (χ0v) is 8.89. The van der Waals surface area contributed by atoms with Crippen LogP contribution in [0.4, 0.5) is 5.69 Å². The molecule has 1 nitrogen and oxygen atoms in total. The summed E-state index contributed by atoms with van der Waals surface area (Å²) in [6.45, 7) is 6.75. The summed E-state index contributed by atoms with van der Waals surface area (Å²) in [7, 11) is 2.18. The monoisotopic (exact) mass is 175 g/mol. The van der Waals surface area contributed by atoms with Crippen LogP contribution in [0.3, 0.4) is 0 Å². The molecule has 0 saturated carbocycles. The maximum Gasteiger partial charge on any atom is 0.0401 e. The van der Waals surface area contributed by atoms with Crippen LogP contribution in [0.1, 0.15) is 25.0 Å². The van der Waals surface area contributed by atoms with E-state index in [0.717, 1.165) is 0 Å². The van der Waals surface area contributed by atoms with Gasteiger partial charge in [0.25, 0.3) is 0 Å². The van der Waals surface area contributed by atoms with Crippen LogP contribution in [0.15, 0.2) is 18.2 Å². The molecule has 2 rings (SSSR count). The molecule has 0 N–H and O–H groups in total. The minimum atomic E-state index is 0.288. The Bertz CT molecular complexity index is 339. The third kappa shape index (κ3) is 1.23. The molecule has 0 radical (unpaired) electrons. The largest absolute Gasteiger partial charge is 0.369 e. The lowest BCUT2D eigenvalue weighted by atomic mass is 9.99. The summed E-state index contributed by atoms with van der Waals surface area (Å²) in [5, 5.41) is 0. The number of aryl methyl sites for hydroxylation is 1. The van der Waals surface area contributed by atoms with Crippen LogP contribution in [-0.2, 0) is 6.42 Å². The van der Waals surface area contributed by atoms with Crippen molar-refractivity contribution in [3.8, 4) is 0 Å². The zero-order valence-electron chi connectivity index (χ0n) is 8.89. The van der Waals surface area contributed by atoms with Gasteiger partial charge in [-0.2, -0.15) is 0 Å². The van der Waals surface area contributed by atoms with Crippen LogP contribution in [-0.4, -0.2) is 12.6 Å². The molecule has 0 atom stereocenters. The first-order chi connectivity index (χ1) is 6.00. The van der Waals surface area contributed by atoms with Crippen molar-refractivity contribution in [1.82, 2.24) is 0 Å². The maximum absolute atomic E-state index is 2.38.